The Morgan fingerprint density at radius 1 is 1.41 bits per heavy atom. The van der Waals surface area contributed by atoms with Crippen LogP contribution in [0.15, 0.2) is 35.7 Å². The highest BCUT2D eigenvalue weighted by Gasteiger charge is 2.20. The zero-order chi connectivity index (χ0) is 12.3. The maximum Gasteiger partial charge on any atom is 0.327 e. The number of hydrogen-bond donors (Lipinski definition) is 2. The monoisotopic (exact) mass is 248 g/mol. The first-order valence-corrected chi connectivity index (χ1v) is 6.01. The van der Waals surface area contributed by atoms with Gasteiger partial charge in [0.05, 0.1) is 5.69 Å². The molecule has 2 N–H and O–H groups in total. The van der Waals surface area contributed by atoms with Crippen molar-refractivity contribution in [3.63, 3.8) is 0 Å². The van der Waals surface area contributed by atoms with Crippen LogP contribution in [-0.2, 0) is 4.79 Å². The highest BCUT2D eigenvalue weighted by Crippen LogP contribution is 2.25. The molecule has 1 aromatic carbocycles. The summed E-state index contributed by atoms with van der Waals surface area (Å²) in [5.41, 5.74) is 1.55. The lowest BCUT2D eigenvalue weighted by Gasteiger charge is -2.06. The molecule has 17 heavy (non-hydrogen) atoms. The third kappa shape index (κ3) is 2.51. The van der Waals surface area contributed by atoms with Crippen molar-refractivity contribution in [3.05, 3.63) is 41.4 Å². The SMILES string of the molecule is CNC(C(=O)O)c1csc(-c2ccccc2)n1. The van der Waals surface area contributed by atoms with Crippen LogP contribution >= 0.6 is 11.3 Å². The molecule has 1 unspecified atom stereocenters. The maximum atomic E-state index is 11.0. The van der Waals surface area contributed by atoms with Crippen LogP contribution in [0.25, 0.3) is 10.6 Å². The smallest absolute Gasteiger partial charge is 0.327 e. The number of thiazole rings is 1. The van der Waals surface area contributed by atoms with Gasteiger partial charge in [0, 0.05) is 10.9 Å². The van der Waals surface area contributed by atoms with Crippen LogP contribution in [0.1, 0.15) is 11.7 Å². The van der Waals surface area contributed by atoms with E-state index in [9.17, 15) is 4.79 Å². The zero-order valence-electron chi connectivity index (χ0n) is 9.25. The van der Waals surface area contributed by atoms with Crippen molar-refractivity contribution in [2.45, 2.75) is 6.04 Å². The number of carboxylic acids is 1. The predicted octanol–water partition coefficient (Wildman–Crippen LogP) is 2.16. The van der Waals surface area contributed by atoms with Crippen molar-refractivity contribution in [2.24, 2.45) is 0 Å². The highest BCUT2D eigenvalue weighted by atomic mass is 32.1. The van der Waals surface area contributed by atoms with Gasteiger partial charge in [-0.25, -0.2) is 4.98 Å². The summed E-state index contributed by atoms with van der Waals surface area (Å²) in [6.45, 7) is 0. The quantitative estimate of drug-likeness (QED) is 0.870. The first-order chi connectivity index (χ1) is 8.22. The minimum Gasteiger partial charge on any atom is -0.480 e. The summed E-state index contributed by atoms with van der Waals surface area (Å²) < 4.78 is 0. The van der Waals surface area contributed by atoms with Crippen molar-refractivity contribution in [3.8, 4) is 10.6 Å². The fourth-order valence-electron chi connectivity index (χ4n) is 1.53. The second-order valence-electron chi connectivity index (χ2n) is 3.50. The van der Waals surface area contributed by atoms with Crippen LogP contribution in [-0.4, -0.2) is 23.1 Å². The van der Waals surface area contributed by atoms with E-state index in [4.69, 9.17) is 5.11 Å². The number of carbonyl (C=O) groups is 1. The Balaban J connectivity index is 2.30. The van der Waals surface area contributed by atoms with Crippen LogP contribution in [0, 0.1) is 0 Å². The second kappa shape index (κ2) is 5.07. The lowest BCUT2D eigenvalue weighted by molar-refractivity contribution is -0.139. The molecule has 0 bridgehead atoms. The fourth-order valence-corrected chi connectivity index (χ4v) is 2.38. The molecule has 88 valence electrons. The van der Waals surface area contributed by atoms with Gasteiger partial charge in [-0.2, -0.15) is 0 Å². The summed E-state index contributed by atoms with van der Waals surface area (Å²) in [5.74, 6) is -0.919. The molecule has 2 rings (SSSR count). The lowest BCUT2D eigenvalue weighted by Crippen LogP contribution is -2.25. The largest absolute Gasteiger partial charge is 0.480 e. The van der Waals surface area contributed by atoms with Crippen molar-refractivity contribution in [1.82, 2.24) is 10.3 Å². The number of aliphatic carboxylic acids is 1. The molecule has 0 radical (unpaired) electrons. The Kier molecular flexibility index (Phi) is 3.51. The van der Waals surface area contributed by atoms with E-state index >= 15 is 0 Å². The van der Waals surface area contributed by atoms with E-state index in [1.54, 1.807) is 12.4 Å². The van der Waals surface area contributed by atoms with Gasteiger partial charge in [-0.3, -0.25) is 4.79 Å². The van der Waals surface area contributed by atoms with Crippen LogP contribution in [0.4, 0.5) is 0 Å². The number of nitrogens with zero attached hydrogens (tertiary/aromatic N) is 1. The molecule has 1 heterocycles. The number of hydrogen-bond acceptors (Lipinski definition) is 4. The van der Waals surface area contributed by atoms with Gasteiger partial charge in [0.1, 0.15) is 11.0 Å². The Bertz CT molecular complexity index is 510. The molecule has 0 amide bonds. The number of benzene rings is 1. The molecule has 0 saturated carbocycles. The molecule has 0 saturated heterocycles. The van der Waals surface area contributed by atoms with Crippen LogP contribution in [0.2, 0.25) is 0 Å². The Labute approximate surface area is 103 Å². The predicted molar refractivity (Wildman–Crippen MR) is 67.0 cm³/mol. The number of likely N-dealkylation sites (N-methyl/N-ethyl adjacent to an activating group) is 1. The van der Waals surface area contributed by atoms with Crippen molar-refractivity contribution in [1.29, 1.82) is 0 Å². The number of aromatic nitrogens is 1. The van der Waals surface area contributed by atoms with E-state index in [2.05, 4.69) is 10.3 Å². The minimum absolute atomic E-state index is 0.545. The molecule has 0 aliphatic carbocycles. The van der Waals surface area contributed by atoms with E-state index in [-0.39, 0.29) is 0 Å². The molecule has 1 aromatic heterocycles. The molecule has 4 nitrogen and oxygen atoms in total. The van der Waals surface area contributed by atoms with Gasteiger partial charge in [-0.15, -0.1) is 11.3 Å². The van der Waals surface area contributed by atoms with Gasteiger partial charge in [0.2, 0.25) is 0 Å². The van der Waals surface area contributed by atoms with E-state index in [1.807, 2.05) is 30.3 Å². The summed E-state index contributed by atoms with van der Waals surface area (Å²) in [7, 11) is 1.61. The van der Waals surface area contributed by atoms with Gasteiger partial charge < -0.3 is 10.4 Å². The molecule has 0 aliphatic heterocycles. The number of rotatable bonds is 4. The average molecular weight is 248 g/mol. The van der Waals surface area contributed by atoms with Crippen molar-refractivity contribution < 1.29 is 9.90 Å². The van der Waals surface area contributed by atoms with E-state index < -0.39 is 12.0 Å². The molecule has 1 atom stereocenters. The maximum absolute atomic E-state index is 11.0. The van der Waals surface area contributed by atoms with Crippen LogP contribution in [0.5, 0.6) is 0 Å². The first kappa shape index (κ1) is 11.8. The molecular weight excluding hydrogens is 236 g/mol. The molecule has 0 spiro atoms. The summed E-state index contributed by atoms with van der Waals surface area (Å²) >= 11 is 1.45. The van der Waals surface area contributed by atoms with Gasteiger partial charge in [0.15, 0.2) is 0 Å². The third-order valence-corrected chi connectivity index (χ3v) is 3.28. The second-order valence-corrected chi connectivity index (χ2v) is 4.36. The average Bonchev–Trinajstić information content (AvgIpc) is 2.80. The van der Waals surface area contributed by atoms with Gasteiger partial charge in [-0.05, 0) is 7.05 Å². The number of carboxylic acid groups (broad SMARTS) is 1. The van der Waals surface area contributed by atoms with Crippen molar-refractivity contribution >= 4 is 17.3 Å². The van der Waals surface area contributed by atoms with Gasteiger partial charge in [-0.1, -0.05) is 30.3 Å². The van der Waals surface area contributed by atoms with Gasteiger partial charge >= 0.3 is 5.97 Å². The Hall–Kier alpha value is -1.72. The Morgan fingerprint density at radius 3 is 2.71 bits per heavy atom. The van der Waals surface area contributed by atoms with E-state index in [0.29, 0.717) is 5.69 Å². The normalized spacial score (nSPS) is 12.3. The summed E-state index contributed by atoms with van der Waals surface area (Å²) in [5, 5.41) is 14.3. The molecule has 5 heteroatoms. The molecule has 2 aromatic rings. The summed E-state index contributed by atoms with van der Waals surface area (Å²) in [4.78, 5) is 15.3. The number of nitrogens with one attached hydrogen (secondary N) is 1. The Morgan fingerprint density at radius 2 is 2.12 bits per heavy atom. The summed E-state index contributed by atoms with van der Waals surface area (Å²) in [6, 6.07) is 8.97. The first-order valence-electron chi connectivity index (χ1n) is 5.13. The highest BCUT2D eigenvalue weighted by molar-refractivity contribution is 7.13. The summed E-state index contributed by atoms with van der Waals surface area (Å²) in [6.07, 6.45) is 0. The molecule has 0 fully saturated rings. The molecular formula is C12H12N2O2S. The van der Waals surface area contributed by atoms with Crippen LogP contribution in [0.3, 0.4) is 0 Å². The fraction of sp³-hybridized carbons (Fsp3) is 0.167. The molecule has 0 aliphatic rings. The minimum atomic E-state index is -0.919. The topological polar surface area (TPSA) is 62.2 Å². The zero-order valence-corrected chi connectivity index (χ0v) is 10.1. The third-order valence-electron chi connectivity index (χ3n) is 2.37. The lowest BCUT2D eigenvalue weighted by atomic mass is 10.2. The van der Waals surface area contributed by atoms with E-state index in [1.165, 1.54) is 11.3 Å². The standard InChI is InChI=1S/C12H12N2O2S/c1-13-10(12(15)16)9-7-17-11(14-9)8-5-3-2-4-6-8/h2-7,10,13H,1H3,(H,15,16). The van der Waals surface area contributed by atoms with Crippen molar-refractivity contribution in [2.75, 3.05) is 7.05 Å². The van der Waals surface area contributed by atoms with E-state index in [0.717, 1.165) is 10.6 Å². The van der Waals surface area contributed by atoms with Gasteiger partial charge in [0.25, 0.3) is 0 Å². The van der Waals surface area contributed by atoms with Crippen LogP contribution < -0.4 is 5.32 Å².